The lowest BCUT2D eigenvalue weighted by Crippen LogP contribution is -2.05. The van der Waals surface area contributed by atoms with E-state index in [4.69, 9.17) is 5.11 Å². The number of carbonyl (C=O) groups excluding carboxylic acids is 1. The molecule has 0 aromatic carbocycles. The first kappa shape index (κ1) is 12.0. The molecular weight excluding hydrogens is 192 g/mol. The van der Waals surface area contributed by atoms with Crippen molar-refractivity contribution in [3.63, 3.8) is 0 Å². The van der Waals surface area contributed by atoms with Gasteiger partial charge in [-0.2, -0.15) is 0 Å². The van der Waals surface area contributed by atoms with Gasteiger partial charge in [-0.15, -0.1) is 0 Å². The molecule has 15 heavy (non-hydrogen) atoms. The van der Waals surface area contributed by atoms with Gasteiger partial charge in [-0.1, -0.05) is 12.5 Å². The quantitative estimate of drug-likeness (QED) is 0.541. The second-order valence-electron chi connectivity index (χ2n) is 4.08. The Balaban J connectivity index is 2.02. The molecule has 1 aliphatic carbocycles. The molecule has 0 bridgehead atoms. The second kappa shape index (κ2) is 6.38. The third-order valence-corrected chi connectivity index (χ3v) is 2.86. The van der Waals surface area contributed by atoms with Gasteiger partial charge in [0.2, 0.25) is 0 Å². The Morgan fingerprint density at radius 3 is 2.87 bits per heavy atom. The highest BCUT2D eigenvalue weighted by molar-refractivity contribution is 5.82. The number of aliphatic carboxylic acids is 1. The number of ketones is 1. The molecule has 1 aliphatic rings. The van der Waals surface area contributed by atoms with Crippen molar-refractivity contribution in [1.82, 2.24) is 0 Å². The fourth-order valence-electron chi connectivity index (χ4n) is 2.03. The number of carboxylic acid groups (broad SMARTS) is 1. The van der Waals surface area contributed by atoms with Crippen molar-refractivity contribution < 1.29 is 14.7 Å². The van der Waals surface area contributed by atoms with Crippen LogP contribution in [0.2, 0.25) is 0 Å². The van der Waals surface area contributed by atoms with Crippen LogP contribution in [0.5, 0.6) is 0 Å². The molecule has 0 saturated heterocycles. The highest BCUT2D eigenvalue weighted by Gasteiger charge is 2.23. The Morgan fingerprint density at radius 2 is 2.27 bits per heavy atom. The third-order valence-electron chi connectivity index (χ3n) is 2.86. The summed E-state index contributed by atoms with van der Waals surface area (Å²) < 4.78 is 0. The molecule has 0 radical (unpaired) electrons. The van der Waals surface area contributed by atoms with Gasteiger partial charge in [0.25, 0.3) is 0 Å². The van der Waals surface area contributed by atoms with Crippen molar-refractivity contribution in [2.45, 2.75) is 44.9 Å². The molecule has 0 aliphatic heterocycles. The van der Waals surface area contributed by atoms with Crippen LogP contribution < -0.4 is 0 Å². The van der Waals surface area contributed by atoms with E-state index in [9.17, 15) is 9.59 Å². The topological polar surface area (TPSA) is 54.4 Å². The average Bonchev–Trinajstić information content (AvgIpc) is 2.57. The van der Waals surface area contributed by atoms with E-state index in [0.29, 0.717) is 11.7 Å². The van der Waals surface area contributed by atoms with E-state index in [2.05, 4.69) is 0 Å². The van der Waals surface area contributed by atoms with Crippen LogP contribution in [0.1, 0.15) is 44.9 Å². The monoisotopic (exact) mass is 210 g/mol. The SMILES string of the molecule is O=C(O)/C=C/CCCC[C@@H]1CCCC1=O. The van der Waals surface area contributed by atoms with E-state index >= 15 is 0 Å². The highest BCUT2D eigenvalue weighted by atomic mass is 16.4. The van der Waals surface area contributed by atoms with Crippen LogP contribution in [-0.4, -0.2) is 16.9 Å². The normalized spacial score (nSPS) is 21.3. The summed E-state index contributed by atoms with van der Waals surface area (Å²) in [5.41, 5.74) is 0. The first-order valence-corrected chi connectivity index (χ1v) is 5.62. The minimum atomic E-state index is -0.888. The summed E-state index contributed by atoms with van der Waals surface area (Å²) in [5, 5.41) is 8.35. The van der Waals surface area contributed by atoms with Crippen molar-refractivity contribution >= 4 is 11.8 Å². The molecule has 3 heteroatoms. The average molecular weight is 210 g/mol. The molecule has 84 valence electrons. The predicted molar refractivity (Wildman–Crippen MR) is 57.6 cm³/mol. The molecule has 1 N–H and O–H groups in total. The number of hydrogen-bond donors (Lipinski definition) is 1. The Bertz CT molecular complexity index is 256. The maximum absolute atomic E-state index is 11.3. The zero-order valence-electron chi connectivity index (χ0n) is 8.95. The number of carboxylic acids is 1. The van der Waals surface area contributed by atoms with Crippen molar-refractivity contribution in [1.29, 1.82) is 0 Å². The molecule has 1 fully saturated rings. The number of allylic oxidation sites excluding steroid dienone is 1. The van der Waals surface area contributed by atoms with Gasteiger partial charge in [-0.05, 0) is 32.1 Å². The first-order valence-electron chi connectivity index (χ1n) is 5.62. The number of carbonyl (C=O) groups is 2. The van der Waals surface area contributed by atoms with Gasteiger partial charge in [0.05, 0.1) is 0 Å². The molecule has 1 atom stereocenters. The van der Waals surface area contributed by atoms with E-state index in [0.717, 1.165) is 44.9 Å². The Hall–Kier alpha value is -1.12. The lowest BCUT2D eigenvalue weighted by atomic mass is 9.99. The summed E-state index contributed by atoms with van der Waals surface area (Å²) in [4.78, 5) is 21.4. The lowest BCUT2D eigenvalue weighted by molar-refractivity contribution is -0.131. The Morgan fingerprint density at radius 1 is 1.47 bits per heavy atom. The summed E-state index contributed by atoms with van der Waals surface area (Å²) in [6.45, 7) is 0. The maximum atomic E-state index is 11.3. The van der Waals surface area contributed by atoms with Crippen LogP contribution in [0.3, 0.4) is 0 Å². The number of unbranched alkanes of at least 4 members (excludes halogenated alkanes) is 2. The van der Waals surface area contributed by atoms with E-state index in [1.54, 1.807) is 6.08 Å². The molecule has 0 spiro atoms. The van der Waals surface area contributed by atoms with E-state index in [-0.39, 0.29) is 0 Å². The molecule has 0 unspecified atom stereocenters. The van der Waals surface area contributed by atoms with Gasteiger partial charge in [0, 0.05) is 18.4 Å². The van der Waals surface area contributed by atoms with Gasteiger partial charge in [0.15, 0.2) is 0 Å². The second-order valence-corrected chi connectivity index (χ2v) is 4.08. The molecule has 0 aromatic rings. The van der Waals surface area contributed by atoms with Crippen LogP contribution in [0.25, 0.3) is 0 Å². The fourth-order valence-corrected chi connectivity index (χ4v) is 2.03. The van der Waals surface area contributed by atoms with Crippen molar-refractivity contribution in [3.8, 4) is 0 Å². The van der Waals surface area contributed by atoms with Crippen molar-refractivity contribution in [3.05, 3.63) is 12.2 Å². The van der Waals surface area contributed by atoms with Gasteiger partial charge >= 0.3 is 5.97 Å². The van der Waals surface area contributed by atoms with E-state index < -0.39 is 5.97 Å². The molecule has 0 amide bonds. The fraction of sp³-hybridized carbons (Fsp3) is 0.667. The number of Topliss-reactive ketones (excluding diaryl/α,β-unsaturated/α-hetero) is 1. The first-order chi connectivity index (χ1) is 7.20. The smallest absolute Gasteiger partial charge is 0.327 e. The Labute approximate surface area is 90.2 Å². The molecule has 3 nitrogen and oxygen atoms in total. The highest BCUT2D eigenvalue weighted by Crippen LogP contribution is 2.26. The van der Waals surface area contributed by atoms with Crippen LogP contribution >= 0.6 is 0 Å². The predicted octanol–water partition coefficient (Wildman–Crippen LogP) is 2.56. The molecule has 1 saturated carbocycles. The van der Waals surface area contributed by atoms with E-state index in [1.807, 2.05) is 0 Å². The minimum absolute atomic E-state index is 0.299. The van der Waals surface area contributed by atoms with Crippen LogP contribution in [0.4, 0.5) is 0 Å². The zero-order valence-corrected chi connectivity index (χ0v) is 8.95. The third kappa shape index (κ3) is 4.77. The molecule has 0 heterocycles. The molecule has 1 rings (SSSR count). The molecule has 0 aromatic heterocycles. The van der Waals surface area contributed by atoms with Gasteiger partial charge < -0.3 is 5.11 Å². The summed E-state index contributed by atoms with van der Waals surface area (Å²) in [6, 6.07) is 0. The van der Waals surface area contributed by atoms with Crippen LogP contribution in [-0.2, 0) is 9.59 Å². The molecular formula is C12H18O3. The van der Waals surface area contributed by atoms with Crippen LogP contribution in [0, 0.1) is 5.92 Å². The minimum Gasteiger partial charge on any atom is -0.478 e. The summed E-state index contributed by atoms with van der Waals surface area (Å²) in [6.07, 6.45) is 9.54. The lowest BCUT2D eigenvalue weighted by Gasteiger charge is -2.05. The maximum Gasteiger partial charge on any atom is 0.327 e. The zero-order chi connectivity index (χ0) is 11.1. The summed E-state index contributed by atoms with van der Waals surface area (Å²) in [5.74, 6) is -0.162. The standard InChI is InChI=1S/C12H18O3/c13-11-8-5-7-10(11)6-3-1-2-4-9-12(14)15/h4,9-10H,1-3,5-8H2,(H,14,15)/b9-4+/t10-/m1/s1. The number of rotatable bonds is 6. The Kier molecular flexibility index (Phi) is 5.08. The van der Waals surface area contributed by atoms with Gasteiger partial charge in [-0.25, -0.2) is 4.79 Å². The summed E-state index contributed by atoms with van der Waals surface area (Å²) in [7, 11) is 0. The van der Waals surface area contributed by atoms with Gasteiger partial charge in [-0.3, -0.25) is 4.79 Å². The summed E-state index contributed by atoms with van der Waals surface area (Å²) >= 11 is 0. The number of hydrogen-bond acceptors (Lipinski definition) is 2. The van der Waals surface area contributed by atoms with Gasteiger partial charge in [0.1, 0.15) is 5.78 Å². The largest absolute Gasteiger partial charge is 0.478 e. The van der Waals surface area contributed by atoms with Crippen molar-refractivity contribution in [2.75, 3.05) is 0 Å². The van der Waals surface area contributed by atoms with Crippen molar-refractivity contribution in [2.24, 2.45) is 5.92 Å². The van der Waals surface area contributed by atoms with Crippen LogP contribution in [0.15, 0.2) is 12.2 Å². The van der Waals surface area contributed by atoms with E-state index in [1.165, 1.54) is 6.08 Å².